The van der Waals surface area contributed by atoms with Crippen molar-refractivity contribution in [1.82, 2.24) is 9.78 Å². The van der Waals surface area contributed by atoms with Crippen molar-refractivity contribution in [3.63, 3.8) is 0 Å². The Kier molecular flexibility index (Phi) is 3.66. The normalized spacial score (nSPS) is 11.4. The highest BCUT2D eigenvalue weighted by atomic mass is 16.5. The molecule has 0 amide bonds. The number of benzene rings is 1. The maximum atomic E-state index is 12.1. The van der Waals surface area contributed by atoms with Crippen LogP contribution in [0.1, 0.15) is 42.5 Å². The molecular weight excluding hydrogens is 252 g/mol. The van der Waals surface area contributed by atoms with Crippen molar-refractivity contribution >= 4 is 5.97 Å². The fourth-order valence-electron chi connectivity index (χ4n) is 2.32. The lowest BCUT2D eigenvalue weighted by Crippen LogP contribution is -2.21. The van der Waals surface area contributed by atoms with Crippen LogP contribution >= 0.6 is 0 Å². The molecule has 1 heterocycles. The molecule has 0 saturated carbocycles. The Morgan fingerprint density at radius 2 is 1.80 bits per heavy atom. The number of hydrogen-bond acceptors (Lipinski definition) is 3. The first-order valence-corrected chi connectivity index (χ1v) is 6.60. The van der Waals surface area contributed by atoms with Crippen molar-refractivity contribution in [2.75, 3.05) is 7.11 Å². The van der Waals surface area contributed by atoms with Crippen LogP contribution in [0.25, 0.3) is 5.69 Å². The zero-order valence-electron chi connectivity index (χ0n) is 12.6. The van der Waals surface area contributed by atoms with Gasteiger partial charge in [0.15, 0.2) is 0 Å². The molecule has 0 N–H and O–H groups in total. The molecule has 4 heteroatoms. The number of ether oxygens (including phenoxy) is 1. The third-order valence-corrected chi connectivity index (χ3v) is 3.16. The number of esters is 1. The van der Waals surface area contributed by atoms with E-state index in [0.29, 0.717) is 11.3 Å². The van der Waals surface area contributed by atoms with Crippen LogP contribution in [0.4, 0.5) is 0 Å². The molecule has 0 bridgehead atoms. The molecule has 0 spiro atoms. The van der Waals surface area contributed by atoms with E-state index in [-0.39, 0.29) is 11.4 Å². The molecule has 0 aliphatic rings. The van der Waals surface area contributed by atoms with Crippen molar-refractivity contribution in [3.8, 4) is 5.69 Å². The number of nitrogens with zero attached hydrogens (tertiary/aromatic N) is 2. The van der Waals surface area contributed by atoms with Crippen LogP contribution < -0.4 is 0 Å². The predicted molar refractivity (Wildman–Crippen MR) is 78.3 cm³/mol. The molecule has 0 aliphatic heterocycles. The van der Waals surface area contributed by atoms with E-state index in [1.165, 1.54) is 7.11 Å². The van der Waals surface area contributed by atoms with Gasteiger partial charge < -0.3 is 4.74 Å². The summed E-state index contributed by atoms with van der Waals surface area (Å²) in [5.74, 6) is -0.338. The molecule has 106 valence electrons. The van der Waals surface area contributed by atoms with E-state index in [4.69, 9.17) is 4.74 Å². The Balaban J connectivity index is 2.74. The fraction of sp³-hybridized carbons (Fsp3) is 0.375. The number of aromatic nitrogens is 2. The maximum Gasteiger partial charge on any atom is 0.341 e. The second-order valence-corrected chi connectivity index (χ2v) is 5.80. The van der Waals surface area contributed by atoms with Crippen molar-refractivity contribution in [2.45, 2.75) is 33.1 Å². The smallest absolute Gasteiger partial charge is 0.341 e. The summed E-state index contributed by atoms with van der Waals surface area (Å²) in [5, 5.41) is 4.53. The molecule has 4 nitrogen and oxygen atoms in total. The van der Waals surface area contributed by atoms with E-state index >= 15 is 0 Å². The molecule has 0 aliphatic carbocycles. The standard InChI is InChI=1S/C16H20N2O2/c1-11-13(15(19)20-5)14(16(2,3)4)18(17-11)12-9-7-6-8-10-12/h6-10H,1-5H3. The van der Waals surface area contributed by atoms with E-state index < -0.39 is 0 Å². The van der Waals surface area contributed by atoms with Gasteiger partial charge in [-0.3, -0.25) is 0 Å². The van der Waals surface area contributed by atoms with Gasteiger partial charge in [0.1, 0.15) is 5.56 Å². The zero-order valence-corrected chi connectivity index (χ0v) is 12.6. The summed E-state index contributed by atoms with van der Waals surface area (Å²) in [5.41, 5.74) is 2.83. The molecule has 0 saturated heterocycles. The molecule has 0 radical (unpaired) electrons. The third-order valence-electron chi connectivity index (χ3n) is 3.16. The molecule has 2 aromatic rings. The highest BCUT2D eigenvalue weighted by Crippen LogP contribution is 2.30. The largest absolute Gasteiger partial charge is 0.465 e. The highest BCUT2D eigenvalue weighted by molar-refractivity contribution is 5.92. The van der Waals surface area contributed by atoms with Gasteiger partial charge in [-0.25, -0.2) is 9.48 Å². The van der Waals surface area contributed by atoms with Gasteiger partial charge in [-0.2, -0.15) is 5.10 Å². The second-order valence-electron chi connectivity index (χ2n) is 5.80. The summed E-state index contributed by atoms with van der Waals surface area (Å²) in [6.07, 6.45) is 0. The zero-order chi connectivity index (χ0) is 14.9. The number of methoxy groups -OCH3 is 1. The Bertz CT molecular complexity index is 622. The van der Waals surface area contributed by atoms with Crippen LogP contribution in [-0.4, -0.2) is 22.9 Å². The summed E-state index contributed by atoms with van der Waals surface area (Å²) in [6.45, 7) is 8.03. The Labute approximate surface area is 119 Å². The van der Waals surface area contributed by atoms with Gasteiger partial charge in [-0.15, -0.1) is 0 Å². The maximum absolute atomic E-state index is 12.1. The van der Waals surface area contributed by atoms with E-state index in [2.05, 4.69) is 25.9 Å². The van der Waals surface area contributed by atoms with Crippen LogP contribution in [0.2, 0.25) is 0 Å². The van der Waals surface area contributed by atoms with E-state index in [9.17, 15) is 4.79 Å². The molecule has 0 unspecified atom stereocenters. The summed E-state index contributed by atoms with van der Waals surface area (Å²) < 4.78 is 6.74. The lowest BCUT2D eigenvalue weighted by Gasteiger charge is -2.22. The lowest BCUT2D eigenvalue weighted by molar-refractivity contribution is 0.0597. The van der Waals surface area contributed by atoms with Crippen molar-refractivity contribution in [3.05, 3.63) is 47.3 Å². The molecule has 1 aromatic carbocycles. The molecule has 2 rings (SSSR count). The topological polar surface area (TPSA) is 44.1 Å². The fourth-order valence-corrected chi connectivity index (χ4v) is 2.32. The minimum absolute atomic E-state index is 0.222. The molecule has 1 aromatic heterocycles. The number of aryl methyl sites for hydroxylation is 1. The summed E-state index contributed by atoms with van der Waals surface area (Å²) in [7, 11) is 1.40. The van der Waals surface area contributed by atoms with Gasteiger partial charge in [-0.05, 0) is 19.1 Å². The number of hydrogen-bond donors (Lipinski definition) is 0. The van der Waals surface area contributed by atoms with Crippen LogP contribution in [0, 0.1) is 6.92 Å². The Morgan fingerprint density at radius 1 is 1.20 bits per heavy atom. The van der Waals surface area contributed by atoms with Gasteiger partial charge in [-0.1, -0.05) is 39.0 Å². The number of carbonyl (C=O) groups is 1. The number of rotatable bonds is 2. The average Bonchev–Trinajstić information content (AvgIpc) is 2.76. The van der Waals surface area contributed by atoms with Crippen molar-refractivity contribution < 1.29 is 9.53 Å². The quantitative estimate of drug-likeness (QED) is 0.788. The van der Waals surface area contributed by atoms with E-state index in [1.807, 2.05) is 41.9 Å². The SMILES string of the molecule is COC(=O)c1c(C)nn(-c2ccccc2)c1C(C)(C)C. The summed E-state index contributed by atoms with van der Waals surface area (Å²) >= 11 is 0. The van der Waals surface area contributed by atoms with Crippen LogP contribution in [0.5, 0.6) is 0 Å². The average molecular weight is 272 g/mol. The van der Waals surface area contributed by atoms with Crippen LogP contribution in [0.3, 0.4) is 0 Å². The van der Waals surface area contributed by atoms with Gasteiger partial charge in [0.2, 0.25) is 0 Å². The number of para-hydroxylation sites is 1. The molecule has 0 atom stereocenters. The van der Waals surface area contributed by atoms with E-state index in [1.54, 1.807) is 0 Å². The predicted octanol–water partition coefficient (Wildman–Crippen LogP) is 3.26. The van der Waals surface area contributed by atoms with Gasteiger partial charge >= 0.3 is 5.97 Å². The second kappa shape index (κ2) is 5.12. The van der Waals surface area contributed by atoms with Crippen molar-refractivity contribution in [2.24, 2.45) is 0 Å². The van der Waals surface area contributed by atoms with Crippen molar-refractivity contribution in [1.29, 1.82) is 0 Å². The minimum Gasteiger partial charge on any atom is -0.465 e. The summed E-state index contributed by atoms with van der Waals surface area (Å²) in [4.78, 5) is 12.1. The van der Waals surface area contributed by atoms with E-state index in [0.717, 1.165) is 11.4 Å². The molecule has 20 heavy (non-hydrogen) atoms. The Hall–Kier alpha value is -2.10. The first-order chi connectivity index (χ1) is 9.36. The van der Waals surface area contributed by atoms with Gasteiger partial charge in [0.05, 0.1) is 24.2 Å². The molecular formula is C16H20N2O2. The summed E-state index contributed by atoms with van der Waals surface area (Å²) in [6, 6.07) is 9.82. The first-order valence-electron chi connectivity index (χ1n) is 6.60. The highest BCUT2D eigenvalue weighted by Gasteiger charge is 2.30. The monoisotopic (exact) mass is 272 g/mol. The first kappa shape index (κ1) is 14.3. The van der Waals surface area contributed by atoms with Gasteiger partial charge in [0.25, 0.3) is 0 Å². The number of carbonyl (C=O) groups excluding carboxylic acids is 1. The van der Waals surface area contributed by atoms with Crippen LogP contribution in [0.15, 0.2) is 30.3 Å². The van der Waals surface area contributed by atoms with Gasteiger partial charge in [0, 0.05) is 5.41 Å². The Morgan fingerprint density at radius 3 is 2.30 bits per heavy atom. The van der Waals surface area contributed by atoms with Crippen LogP contribution in [-0.2, 0) is 10.2 Å². The minimum atomic E-state index is -0.338. The third kappa shape index (κ3) is 2.46. The molecule has 0 fully saturated rings. The lowest BCUT2D eigenvalue weighted by atomic mass is 9.88.